The molecule has 0 amide bonds. The highest BCUT2D eigenvalue weighted by Crippen LogP contribution is 2.42. The monoisotopic (exact) mass is 697 g/mol. The Morgan fingerprint density at radius 3 is 2.17 bits per heavy atom. The van der Waals surface area contributed by atoms with Crippen LogP contribution in [0.2, 0.25) is 0 Å². The molecule has 0 radical (unpaired) electrons. The van der Waals surface area contributed by atoms with Crippen LogP contribution in [0.5, 0.6) is 0 Å². The number of fused-ring (bicyclic) bond motifs is 8. The first-order chi connectivity index (χ1) is 32.8. The number of furan rings is 1. The van der Waals surface area contributed by atoms with Crippen LogP contribution in [0.4, 0.5) is 0 Å². The van der Waals surface area contributed by atoms with Crippen LogP contribution in [0.25, 0.3) is 108 Å². The van der Waals surface area contributed by atoms with Gasteiger partial charge in [-0.2, -0.15) is 0 Å². The highest BCUT2D eigenvalue weighted by molar-refractivity contribution is 7.26. The lowest BCUT2D eigenvalue weighted by atomic mass is 9.96. The lowest BCUT2D eigenvalue weighted by Gasteiger charge is -2.08. The maximum atomic E-state index is 9.55. The van der Waals surface area contributed by atoms with Crippen molar-refractivity contribution in [3.63, 3.8) is 0 Å². The van der Waals surface area contributed by atoms with Crippen LogP contribution in [0.1, 0.15) is 23.3 Å². The van der Waals surface area contributed by atoms with E-state index >= 15 is 0 Å². The molecule has 0 fully saturated rings. The molecule has 52 heavy (non-hydrogen) atoms. The number of nitrogens with zero attached hydrogens (tertiary/aromatic N) is 2. The summed E-state index contributed by atoms with van der Waals surface area (Å²) >= 11 is 1.33. The van der Waals surface area contributed by atoms with Gasteiger partial charge in [0.2, 0.25) is 0 Å². The Morgan fingerprint density at radius 2 is 1.27 bits per heavy atom. The molecule has 0 aliphatic carbocycles. The van der Waals surface area contributed by atoms with E-state index in [1.54, 1.807) is 12.1 Å². The topological polar surface area (TPSA) is 38.9 Å². The fourth-order valence-corrected chi connectivity index (χ4v) is 7.72. The molecule has 3 nitrogen and oxygen atoms in total. The number of benzene rings is 8. The molecule has 8 aromatic carbocycles. The third kappa shape index (κ3) is 4.65. The molecule has 0 spiro atoms. The summed E-state index contributed by atoms with van der Waals surface area (Å²) in [5.41, 5.74) is 1.87. The minimum absolute atomic E-state index is 0.00871. The van der Waals surface area contributed by atoms with E-state index in [0.29, 0.717) is 15.8 Å². The van der Waals surface area contributed by atoms with Gasteiger partial charge in [0.05, 0.1) is 39.2 Å². The van der Waals surface area contributed by atoms with Crippen molar-refractivity contribution in [1.29, 1.82) is 0 Å². The summed E-state index contributed by atoms with van der Waals surface area (Å²) in [6.07, 6.45) is 1.31. The normalized spacial score (nSPS) is 16.4. The van der Waals surface area contributed by atoms with E-state index < -0.39 is 78.6 Å². The van der Waals surface area contributed by atoms with Gasteiger partial charge in [0.1, 0.15) is 17.5 Å². The van der Waals surface area contributed by atoms with E-state index in [1.165, 1.54) is 23.7 Å². The molecule has 0 unspecified atom stereocenters. The second kappa shape index (κ2) is 11.5. The number of aromatic nitrogens is 2. The van der Waals surface area contributed by atoms with Crippen LogP contribution >= 0.6 is 11.3 Å². The van der Waals surface area contributed by atoms with Gasteiger partial charge in [-0.25, -0.2) is 9.97 Å². The minimum Gasteiger partial charge on any atom is -0.455 e. The van der Waals surface area contributed by atoms with E-state index in [9.17, 15) is 1.37 Å². The van der Waals surface area contributed by atoms with Crippen molar-refractivity contribution in [2.45, 2.75) is 0 Å². The minimum atomic E-state index is -0.610. The molecule has 3 heterocycles. The molecule has 242 valence electrons. The second-order valence-corrected chi connectivity index (χ2v) is 13.1. The summed E-state index contributed by atoms with van der Waals surface area (Å²) in [5, 5.41) is 1.70. The Balaban J connectivity index is 1.02. The first-order valence-electron chi connectivity index (χ1n) is 24.6. The molecular weight excluding hydrogens is 653 g/mol. The predicted molar refractivity (Wildman–Crippen MR) is 219 cm³/mol. The molecule has 0 saturated heterocycles. The molecule has 0 aliphatic heterocycles. The van der Waals surface area contributed by atoms with Gasteiger partial charge in [0, 0.05) is 32.0 Å². The second-order valence-electron chi connectivity index (χ2n) is 12.1. The number of hydrogen-bond donors (Lipinski definition) is 0. The van der Waals surface area contributed by atoms with Crippen molar-refractivity contribution in [1.82, 2.24) is 9.97 Å². The zero-order valence-corrected chi connectivity index (χ0v) is 27.4. The van der Waals surface area contributed by atoms with E-state index in [1.807, 2.05) is 42.5 Å². The molecular formula is C48H28N2OS. The van der Waals surface area contributed by atoms with E-state index in [0.717, 1.165) is 32.0 Å². The van der Waals surface area contributed by atoms with Crippen LogP contribution in [-0.4, -0.2) is 9.97 Å². The zero-order chi connectivity index (χ0) is 49.0. The first-order valence-corrected chi connectivity index (χ1v) is 16.9. The third-order valence-electron chi connectivity index (χ3n) is 9.07. The van der Waals surface area contributed by atoms with Crippen LogP contribution < -0.4 is 0 Å². The maximum Gasteiger partial charge on any atom is 0.143 e. The Morgan fingerprint density at radius 1 is 0.519 bits per heavy atom. The van der Waals surface area contributed by atoms with Gasteiger partial charge < -0.3 is 4.42 Å². The summed E-state index contributed by atoms with van der Waals surface area (Å²) in [5.74, 6) is 0. The van der Waals surface area contributed by atoms with Gasteiger partial charge in [-0.3, -0.25) is 0 Å². The zero-order valence-electron chi connectivity index (χ0n) is 43.6. The standard InChI is InChI=1S/C48H28N2OS/c1-2-8-30-23-31(16-15-29(30)7-1)32-17-18-34-25-35(20-19-33(34)24-32)36-21-22-44-42(27-36)46-48(52-44)45(49-28-50-46)38-10-5-9-37(26-38)39-12-6-13-41-40-11-3-4-14-43(40)51-47(39)41/h1-28H/i1D,2D,3D,4D,6D,7D,8D,9D,10D,11D,12D,13D,14D,15D,16D,23D,26D. The van der Waals surface area contributed by atoms with Crippen molar-refractivity contribution < 1.29 is 27.7 Å². The molecule has 11 aromatic rings. The number of para-hydroxylation sites is 2. The smallest absolute Gasteiger partial charge is 0.143 e. The van der Waals surface area contributed by atoms with Crippen molar-refractivity contribution in [2.75, 3.05) is 0 Å². The molecule has 0 aliphatic rings. The number of thiophene rings is 1. The number of rotatable bonds is 4. The molecule has 0 N–H and O–H groups in total. The summed E-state index contributed by atoms with van der Waals surface area (Å²) in [4.78, 5) is 9.17. The van der Waals surface area contributed by atoms with Crippen LogP contribution in [0.3, 0.4) is 0 Å². The maximum absolute atomic E-state index is 9.55. The summed E-state index contributed by atoms with van der Waals surface area (Å²) in [7, 11) is 0. The summed E-state index contributed by atoms with van der Waals surface area (Å²) < 4.78 is 154. The van der Waals surface area contributed by atoms with Crippen LogP contribution in [0.15, 0.2) is 174 Å². The summed E-state index contributed by atoms with van der Waals surface area (Å²) in [6, 6.07) is 10.2. The lowest BCUT2D eigenvalue weighted by Crippen LogP contribution is -1.87. The van der Waals surface area contributed by atoms with E-state index in [4.69, 9.17) is 26.3 Å². The molecule has 0 saturated carbocycles. The van der Waals surface area contributed by atoms with Crippen molar-refractivity contribution >= 4 is 75.1 Å². The lowest BCUT2D eigenvalue weighted by molar-refractivity contribution is 0.670. The average molecular weight is 698 g/mol. The largest absolute Gasteiger partial charge is 0.455 e. The van der Waals surface area contributed by atoms with Gasteiger partial charge >= 0.3 is 0 Å². The van der Waals surface area contributed by atoms with Crippen LogP contribution in [-0.2, 0) is 0 Å². The van der Waals surface area contributed by atoms with Crippen molar-refractivity contribution in [2.24, 2.45) is 0 Å². The Hall–Kier alpha value is -6.62. The molecule has 4 heteroatoms. The van der Waals surface area contributed by atoms with E-state index in [-0.39, 0.29) is 84.8 Å². The van der Waals surface area contributed by atoms with Crippen molar-refractivity contribution in [3.8, 4) is 44.6 Å². The molecule has 11 rings (SSSR count). The molecule has 0 bridgehead atoms. The predicted octanol–water partition coefficient (Wildman–Crippen LogP) is 13.7. The third-order valence-corrected chi connectivity index (χ3v) is 10.2. The first kappa shape index (κ1) is 17.1. The van der Waals surface area contributed by atoms with Gasteiger partial charge in [-0.05, 0) is 91.8 Å². The quantitative estimate of drug-likeness (QED) is 0.184. The number of hydrogen-bond acceptors (Lipinski definition) is 4. The van der Waals surface area contributed by atoms with Gasteiger partial charge in [-0.15, -0.1) is 11.3 Å². The SMILES string of the molecule is [2H]c1cc([2H])c(-c2ncnc3c2sc2ccc(-c4ccc5cc(-c6c([2H])c([2H])c7c([2H])c([2H])c([2H])c([2H])c7c6[2H])ccc5c4)cc23)c([2H])c1-c1c([2H])c([2H])c([2H])c2c1oc1c([2H])c([2H])c([2H])c([2H])c12. The Labute approximate surface area is 327 Å². The molecule has 3 aromatic heterocycles. The fraction of sp³-hybridized carbons (Fsp3) is 0. The fourth-order valence-electron chi connectivity index (χ4n) is 6.58. The summed E-state index contributed by atoms with van der Waals surface area (Å²) in [6.45, 7) is 0. The van der Waals surface area contributed by atoms with Crippen LogP contribution in [0, 0.1) is 0 Å². The average Bonchev–Trinajstić information content (AvgIpc) is 3.92. The Bertz CT molecular complexity index is 4190. The van der Waals surface area contributed by atoms with Gasteiger partial charge in [-0.1, -0.05) is 121 Å². The van der Waals surface area contributed by atoms with Gasteiger partial charge in [0.15, 0.2) is 0 Å². The highest BCUT2D eigenvalue weighted by atomic mass is 32.1. The van der Waals surface area contributed by atoms with Gasteiger partial charge in [0.25, 0.3) is 0 Å². The van der Waals surface area contributed by atoms with Crippen molar-refractivity contribution in [3.05, 3.63) is 170 Å². The molecule has 0 atom stereocenters. The van der Waals surface area contributed by atoms with E-state index in [2.05, 4.69) is 9.97 Å². The Kier molecular flexibility index (Phi) is 3.76. The highest BCUT2D eigenvalue weighted by Gasteiger charge is 2.17.